The van der Waals surface area contributed by atoms with Gasteiger partial charge in [-0.15, -0.1) is 5.10 Å². The Balaban J connectivity index is 1.54. The van der Waals surface area contributed by atoms with Crippen LogP contribution in [0.5, 0.6) is 0 Å². The quantitative estimate of drug-likeness (QED) is 0.785. The fraction of sp³-hybridized carbons (Fsp3) is 0.438. The summed E-state index contributed by atoms with van der Waals surface area (Å²) in [5.41, 5.74) is 1.24. The number of likely N-dealkylation sites (tertiary alicyclic amines) is 1. The average Bonchev–Trinajstić information content (AvgIpc) is 3.07. The van der Waals surface area contributed by atoms with Gasteiger partial charge in [0.25, 0.3) is 5.91 Å². The minimum atomic E-state index is -0.115. The van der Waals surface area contributed by atoms with E-state index in [1.165, 1.54) is 12.4 Å². The molecule has 0 N–H and O–H groups in total. The second-order valence-corrected chi connectivity index (χ2v) is 6.00. The van der Waals surface area contributed by atoms with Crippen molar-refractivity contribution in [1.29, 1.82) is 0 Å². The number of carbonyl (C=O) groups is 1. The van der Waals surface area contributed by atoms with Gasteiger partial charge in [0.1, 0.15) is 5.69 Å². The predicted molar refractivity (Wildman–Crippen MR) is 85.6 cm³/mol. The van der Waals surface area contributed by atoms with E-state index in [0.717, 1.165) is 18.1 Å². The molecule has 2 saturated heterocycles. The zero-order valence-corrected chi connectivity index (χ0v) is 13.4. The second-order valence-electron chi connectivity index (χ2n) is 6.00. The number of aromatic nitrogens is 4. The molecule has 2 aliphatic heterocycles. The summed E-state index contributed by atoms with van der Waals surface area (Å²) in [7, 11) is 0. The lowest BCUT2D eigenvalue weighted by Gasteiger charge is -2.37. The lowest BCUT2D eigenvalue weighted by Crippen LogP contribution is -2.51. The van der Waals surface area contributed by atoms with Gasteiger partial charge in [0, 0.05) is 32.0 Å². The Bertz CT molecular complexity index is 723. The third-order valence-corrected chi connectivity index (χ3v) is 4.45. The summed E-state index contributed by atoms with van der Waals surface area (Å²) in [5, 5.41) is 8.42. The van der Waals surface area contributed by atoms with Gasteiger partial charge in [-0.25, -0.2) is 4.98 Å². The van der Waals surface area contributed by atoms with Crippen molar-refractivity contribution >= 4 is 11.7 Å². The summed E-state index contributed by atoms with van der Waals surface area (Å²) in [6, 6.07) is 4.00. The van der Waals surface area contributed by atoms with E-state index in [9.17, 15) is 4.79 Å². The van der Waals surface area contributed by atoms with Crippen molar-refractivity contribution < 1.29 is 9.53 Å². The third kappa shape index (κ3) is 2.69. The van der Waals surface area contributed by atoms with Gasteiger partial charge in [-0.3, -0.25) is 9.78 Å². The normalized spacial score (nSPS) is 23.2. The molecule has 0 aromatic carbocycles. The highest BCUT2D eigenvalue weighted by Crippen LogP contribution is 2.27. The molecule has 0 radical (unpaired) electrons. The summed E-state index contributed by atoms with van der Waals surface area (Å²) in [6.07, 6.45) is 4.55. The van der Waals surface area contributed by atoms with Crippen LogP contribution in [0, 0.1) is 6.92 Å². The number of anilines is 1. The van der Waals surface area contributed by atoms with Crippen molar-refractivity contribution in [3.63, 3.8) is 0 Å². The predicted octanol–water partition coefficient (Wildman–Crippen LogP) is 0.305. The number of hydrogen-bond acceptors (Lipinski definition) is 7. The number of ether oxygens (including phenoxy) is 1. The molecule has 2 aromatic heterocycles. The SMILES string of the molecule is Cc1ccc(N2CCO[C@H]3CN(C(=O)c4cnccn4)C[C@H]32)nn1. The highest BCUT2D eigenvalue weighted by Gasteiger charge is 2.42. The van der Waals surface area contributed by atoms with Crippen LogP contribution >= 0.6 is 0 Å². The summed E-state index contributed by atoms with van der Waals surface area (Å²) in [5.74, 6) is 0.712. The van der Waals surface area contributed by atoms with Gasteiger partial charge in [0.05, 0.1) is 30.6 Å². The minimum absolute atomic E-state index is 0.0255. The molecule has 0 spiro atoms. The first-order chi connectivity index (χ1) is 11.7. The number of fused-ring (bicyclic) bond motifs is 1. The van der Waals surface area contributed by atoms with Crippen LogP contribution in [-0.4, -0.2) is 69.4 Å². The maximum atomic E-state index is 12.6. The molecule has 2 aromatic rings. The third-order valence-electron chi connectivity index (χ3n) is 4.45. The average molecular weight is 326 g/mol. The number of amides is 1. The van der Waals surface area contributed by atoms with E-state index >= 15 is 0 Å². The maximum absolute atomic E-state index is 12.6. The number of carbonyl (C=O) groups excluding carboxylic acids is 1. The molecule has 2 aliphatic rings. The van der Waals surface area contributed by atoms with Gasteiger partial charge < -0.3 is 14.5 Å². The molecular weight excluding hydrogens is 308 g/mol. The van der Waals surface area contributed by atoms with Crippen molar-refractivity contribution in [2.45, 2.75) is 19.1 Å². The molecular formula is C16H18N6O2. The number of hydrogen-bond donors (Lipinski definition) is 0. The Morgan fingerprint density at radius 2 is 2.17 bits per heavy atom. The van der Waals surface area contributed by atoms with E-state index in [-0.39, 0.29) is 18.1 Å². The molecule has 4 rings (SSSR count). The number of rotatable bonds is 2. The zero-order valence-electron chi connectivity index (χ0n) is 13.4. The van der Waals surface area contributed by atoms with E-state index in [4.69, 9.17) is 4.74 Å². The smallest absolute Gasteiger partial charge is 0.274 e. The molecule has 24 heavy (non-hydrogen) atoms. The van der Waals surface area contributed by atoms with Crippen molar-refractivity contribution in [3.05, 3.63) is 42.1 Å². The van der Waals surface area contributed by atoms with E-state index in [2.05, 4.69) is 25.1 Å². The maximum Gasteiger partial charge on any atom is 0.274 e. The molecule has 0 bridgehead atoms. The lowest BCUT2D eigenvalue weighted by atomic mass is 10.1. The summed E-state index contributed by atoms with van der Waals surface area (Å²) < 4.78 is 5.87. The van der Waals surface area contributed by atoms with Crippen LogP contribution in [0.2, 0.25) is 0 Å². The fourth-order valence-corrected chi connectivity index (χ4v) is 3.25. The molecule has 0 aliphatic carbocycles. The summed E-state index contributed by atoms with van der Waals surface area (Å²) in [4.78, 5) is 24.6. The Kier molecular flexibility index (Phi) is 3.81. The monoisotopic (exact) mass is 326 g/mol. The topological polar surface area (TPSA) is 84.3 Å². The van der Waals surface area contributed by atoms with Gasteiger partial charge in [-0.05, 0) is 19.1 Å². The number of morpholine rings is 1. The van der Waals surface area contributed by atoms with Crippen LogP contribution in [0.15, 0.2) is 30.7 Å². The van der Waals surface area contributed by atoms with Crippen molar-refractivity contribution in [3.8, 4) is 0 Å². The van der Waals surface area contributed by atoms with Crippen molar-refractivity contribution in [1.82, 2.24) is 25.1 Å². The number of nitrogens with zero attached hydrogens (tertiary/aromatic N) is 6. The van der Waals surface area contributed by atoms with Crippen LogP contribution in [-0.2, 0) is 4.74 Å². The van der Waals surface area contributed by atoms with Crippen molar-refractivity contribution in [2.24, 2.45) is 0 Å². The van der Waals surface area contributed by atoms with Crippen LogP contribution < -0.4 is 4.90 Å². The number of aryl methyl sites for hydroxylation is 1. The first-order valence-electron chi connectivity index (χ1n) is 7.96. The van der Waals surface area contributed by atoms with Gasteiger partial charge in [0.15, 0.2) is 5.82 Å². The highest BCUT2D eigenvalue weighted by atomic mass is 16.5. The van der Waals surface area contributed by atoms with Crippen LogP contribution in [0.1, 0.15) is 16.2 Å². The van der Waals surface area contributed by atoms with Gasteiger partial charge >= 0.3 is 0 Å². The van der Waals surface area contributed by atoms with Crippen LogP contribution in [0.3, 0.4) is 0 Å². The Morgan fingerprint density at radius 3 is 2.92 bits per heavy atom. The van der Waals surface area contributed by atoms with Gasteiger partial charge in [-0.2, -0.15) is 5.10 Å². The standard InChI is InChI=1S/C16H18N6O2/c1-11-2-3-15(20-19-11)22-6-7-24-14-10-21(9-13(14)22)16(23)12-8-17-4-5-18-12/h2-5,8,13-14H,6-7,9-10H2,1H3/t13-,14+/m1/s1. The molecule has 0 saturated carbocycles. The molecule has 0 unspecified atom stereocenters. The molecule has 2 atom stereocenters. The van der Waals surface area contributed by atoms with E-state index in [1.807, 2.05) is 19.1 Å². The minimum Gasteiger partial charge on any atom is -0.372 e. The first-order valence-corrected chi connectivity index (χ1v) is 7.96. The van der Waals surface area contributed by atoms with Crippen LogP contribution in [0.4, 0.5) is 5.82 Å². The Morgan fingerprint density at radius 1 is 1.25 bits per heavy atom. The van der Waals surface area contributed by atoms with Crippen molar-refractivity contribution in [2.75, 3.05) is 31.1 Å². The highest BCUT2D eigenvalue weighted by molar-refractivity contribution is 5.92. The van der Waals surface area contributed by atoms with Crippen LogP contribution in [0.25, 0.3) is 0 Å². The van der Waals surface area contributed by atoms with E-state index in [1.54, 1.807) is 11.1 Å². The second kappa shape index (κ2) is 6.12. The largest absolute Gasteiger partial charge is 0.372 e. The zero-order chi connectivity index (χ0) is 16.5. The Hall–Kier alpha value is -2.61. The van der Waals surface area contributed by atoms with E-state index in [0.29, 0.717) is 25.4 Å². The lowest BCUT2D eigenvalue weighted by molar-refractivity contribution is 0.0298. The summed E-state index contributed by atoms with van der Waals surface area (Å²) >= 11 is 0. The molecule has 4 heterocycles. The van der Waals surface area contributed by atoms with Gasteiger partial charge in [0.2, 0.25) is 0 Å². The Labute approximate surface area is 139 Å². The molecule has 2 fully saturated rings. The molecule has 8 heteroatoms. The first kappa shape index (κ1) is 14.9. The van der Waals surface area contributed by atoms with E-state index < -0.39 is 0 Å². The summed E-state index contributed by atoms with van der Waals surface area (Å²) in [6.45, 7) is 4.40. The van der Waals surface area contributed by atoms with Gasteiger partial charge in [-0.1, -0.05) is 0 Å². The molecule has 8 nitrogen and oxygen atoms in total. The fourth-order valence-electron chi connectivity index (χ4n) is 3.25. The molecule has 1 amide bonds. The molecule has 124 valence electrons.